The third-order valence-electron chi connectivity index (χ3n) is 4.17. The van der Waals surface area contributed by atoms with Crippen LogP contribution in [0.3, 0.4) is 0 Å². The number of nitrogens with zero attached hydrogens (tertiary/aromatic N) is 2. The minimum Gasteiger partial charge on any atom is -0.382 e. The van der Waals surface area contributed by atoms with E-state index in [1.165, 1.54) is 12.0 Å². The number of nitrogens with one attached hydrogen (secondary N) is 1. The van der Waals surface area contributed by atoms with Crippen LogP contribution in [0.2, 0.25) is 0 Å². The molecule has 1 fully saturated rings. The molecule has 1 unspecified atom stereocenters. The summed E-state index contributed by atoms with van der Waals surface area (Å²) < 4.78 is 5.36. The molecule has 0 aromatic heterocycles. The maximum absolute atomic E-state index is 5.36. The van der Waals surface area contributed by atoms with E-state index in [1.807, 2.05) is 14.0 Å². The first-order chi connectivity index (χ1) is 10.8. The summed E-state index contributed by atoms with van der Waals surface area (Å²) in [5.41, 5.74) is 1.44. The maximum atomic E-state index is 5.36. The Bertz CT molecular complexity index is 447. The van der Waals surface area contributed by atoms with Gasteiger partial charge in [0.05, 0.1) is 0 Å². The standard InChI is InChI=1S/C18H29N3O/c1-3-22-14-8-7-12-20-18(19-2)21-13-11-17(15-21)16-9-5-4-6-10-16/h4-6,9-10,17H,3,7-8,11-15H2,1-2H3,(H,19,20). The van der Waals surface area contributed by atoms with Gasteiger partial charge in [-0.25, -0.2) is 0 Å². The van der Waals surface area contributed by atoms with E-state index in [4.69, 9.17) is 4.74 Å². The van der Waals surface area contributed by atoms with Gasteiger partial charge in [-0.3, -0.25) is 4.99 Å². The molecule has 0 radical (unpaired) electrons. The summed E-state index contributed by atoms with van der Waals surface area (Å²) in [5, 5.41) is 3.48. The van der Waals surface area contributed by atoms with E-state index in [1.54, 1.807) is 0 Å². The minimum atomic E-state index is 0.623. The number of benzene rings is 1. The van der Waals surface area contributed by atoms with Crippen molar-refractivity contribution in [2.24, 2.45) is 4.99 Å². The van der Waals surface area contributed by atoms with Gasteiger partial charge in [-0.1, -0.05) is 30.3 Å². The molecule has 1 aliphatic heterocycles. The van der Waals surface area contributed by atoms with Crippen molar-refractivity contribution in [3.63, 3.8) is 0 Å². The molecule has 1 aliphatic rings. The van der Waals surface area contributed by atoms with E-state index < -0.39 is 0 Å². The Morgan fingerprint density at radius 2 is 2.14 bits per heavy atom. The monoisotopic (exact) mass is 303 g/mol. The highest BCUT2D eigenvalue weighted by atomic mass is 16.5. The van der Waals surface area contributed by atoms with Crippen molar-refractivity contribution in [2.75, 3.05) is 39.9 Å². The van der Waals surface area contributed by atoms with Gasteiger partial charge in [0, 0.05) is 45.8 Å². The Kier molecular flexibility index (Phi) is 7.23. The van der Waals surface area contributed by atoms with Crippen LogP contribution in [-0.4, -0.2) is 50.8 Å². The lowest BCUT2D eigenvalue weighted by Crippen LogP contribution is -2.40. The number of unbranched alkanes of at least 4 members (excludes halogenated alkanes) is 1. The zero-order valence-electron chi connectivity index (χ0n) is 13.9. The normalized spacial score (nSPS) is 18.7. The molecular formula is C18H29N3O. The Morgan fingerprint density at radius 1 is 1.32 bits per heavy atom. The van der Waals surface area contributed by atoms with E-state index in [0.717, 1.165) is 51.6 Å². The van der Waals surface area contributed by atoms with Crippen molar-refractivity contribution < 1.29 is 4.74 Å². The van der Waals surface area contributed by atoms with Gasteiger partial charge in [-0.2, -0.15) is 0 Å². The van der Waals surface area contributed by atoms with Crippen LogP contribution in [0.5, 0.6) is 0 Å². The van der Waals surface area contributed by atoms with Crippen LogP contribution < -0.4 is 5.32 Å². The summed E-state index contributed by atoms with van der Waals surface area (Å²) in [5.74, 6) is 1.66. The smallest absolute Gasteiger partial charge is 0.193 e. The molecule has 1 saturated heterocycles. The molecule has 0 aliphatic carbocycles. The van der Waals surface area contributed by atoms with Crippen LogP contribution in [0.1, 0.15) is 37.7 Å². The summed E-state index contributed by atoms with van der Waals surface area (Å²) in [6.07, 6.45) is 3.43. The molecule has 0 saturated carbocycles. The average Bonchev–Trinajstić information content (AvgIpc) is 3.05. The summed E-state index contributed by atoms with van der Waals surface area (Å²) in [6, 6.07) is 10.8. The van der Waals surface area contributed by atoms with E-state index in [-0.39, 0.29) is 0 Å². The fourth-order valence-electron chi connectivity index (χ4n) is 2.96. The third kappa shape index (κ3) is 5.02. The van der Waals surface area contributed by atoms with Crippen molar-refractivity contribution >= 4 is 5.96 Å². The zero-order chi connectivity index (χ0) is 15.6. The van der Waals surface area contributed by atoms with Gasteiger partial charge in [0.25, 0.3) is 0 Å². The fourth-order valence-corrected chi connectivity index (χ4v) is 2.96. The highest BCUT2D eigenvalue weighted by Crippen LogP contribution is 2.26. The van der Waals surface area contributed by atoms with Gasteiger partial charge in [-0.05, 0) is 31.7 Å². The first-order valence-corrected chi connectivity index (χ1v) is 8.43. The lowest BCUT2D eigenvalue weighted by atomic mass is 9.99. The largest absolute Gasteiger partial charge is 0.382 e. The lowest BCUT2D eigenvalue weighted by molar-refractivity contribution is 0.143. The number of guanidine groups is 1. The van der Waals surface area contributed by atoms with Crippen molar-refractivity contribution in [1.29, 1.82) is 0 Å². The molecule has 0 bridgehead atoms. The predicted octanol–water partition coefficient (Wildman–Crippen LogP) is 2.87. The molecule has 122 valence electrons. The van der Waals surface area contributed by atoms with E-state index in [9.17, 15) is 0 Å². The second-order valence-corrected chi connectivity index (χ2v) is 5.72. The molecule has 1 N–H and O–H groups in total. The Labute approximate surface area is 134 Å². The molecule has 4 nitrogen and oxygen atoms in total. The van der Waals surface area contributed by atoms with Crippen LogP contribution in [-0.2, 0) is 4.74 Å². The number of likely N-dealkylation sites (tertiary alicyclic amines) is 1. The average molecular weight is 303 g/mol. The molecule has 0 spiro atoms. The highest BCUT2D eigenvalue weighted by molar-refractivity contribution is 5.80. The van der Waals surface area contributed by atoms with Gasteiger partial charge < -0.3 is 15.0 Å². The second kappa shape index (κ2) is 9.46. The highest BCUT2D eigenvalue weighted by Gasteiger charge is 2.25. The summed E-state index contributed by atoms with van der Waals surface area (Å²) >= 11 is 0. The molecule has 0 amide bonds. The molecule has 22 heavy (non-hydrogen) atoms. The molecule has 2 rings (SSSR count). The Hall–Kier alpha value is -1.55. The van der Waals surface area contributed by atoms with Crippen molar-refractivity contribution in [2.45, 2.75) is 32.1 Å². The van der Waals surface area contributed by atoms with E-state index >= 15 is 0 Å². The quantitative estimate of drug-likeness (QED) is 0.478. The van der Waals surface area contributed by atoms with Crippen molar-refractivity contribution in [3.05, 3.63) is 35.9 Å². The molecule has 1 atom stereocenters. The fraction of sp³-hybridized carbons (Fsp3) is 0.611. The molecule has 1 aromatic carbocycles. The number of hydrogen-bond acceptors (Lipinski definition) is 2. The van der Waals surface area contributed by atoms with Crippen LogP contribution in [0, 0.1) is 0 Å². The minimum absolute atomic E-state index is 0.623. The van der Waals surface area contributed by atoms with E-state index in [0.29, 0.717) is 5.92 Å². The van der Waals surface area contributed by atoms with Gasteiger partial charge in [0.1, 0.15) is 0 Å². The molecule has 4 heteroatoms. The number of ether oxygens (including phenoxy) is 1. The number of hydrogen-bond donors (Lipinski definition) is 1. The van der Waals surface area contributed by atoms with Crippen molar-refractivity contribution in [3.8, 4) is 0 Å². The van der Waals surface area contributed by atoms with Crippen molar-refractivity contribution in [1.82, 2.24) is 10.2 Å². The van der Waals surface area contributed by atoms with Crippen LogP contribution in [0.15, 0.2) is 35.3 Å². The summed E-state index contributed by atoms with van der Waals surface area (Å²) in [4.78, 5) is 6.81. The predicted molar refractivity (Wildman–Crippen MR) is 92.5 cm³/mol. The maximum Gasteiger partial charge on any atom is 0.193 e. The zero-order valence-corrected chi connectivity index (χ0v) is 13.9. The first kappa shape index (κ1) is 16.8. The van der Waals surface area contributed by atoms with Crippen LogP contribution >= 0.6 is 0 Å². The number of aliphatic imine (C=N–C) groups is 1. The van der Waals surface area contributed by atoms with Crippen LogP contribution in [0.4, 0.5) is 0 Å². The number of rotatable bonds is 7. The molecule has 1 aromatic rings. The Balaban J connectivity index is 1.73. The van der Waals surface area contributed by atoms with Gasteiger partial charge in [0.2, 0.25) is 0 Å². The van der Waals surface area contributed by atoms with Gasteiger partial charge in [0.15, 0.2) is 5.96 Å². The van der Waals surface area contributed by atoms with E-state index in [2.05, 4.69) is 45.5 Å². The Morgan fingerprint density at radius 3 is 2.86 bits per heavy atom. The summed E-state index contributed by atoms with van der Waals surface area (Å²) in [6.45, 7) is 6.81. The van der Waals surface area contributed by atoms with Gasteiger partial charge in [-0.15, -0.1) is 0 Å². The topological polar surface area (TPSA) is 36.9 Å². The summed E-state index contributed by atoms with van der Waals surface area (Å²) in [7, 11) is 1.87. The SMILES string of the molecule is CCOCCCCNC(=NC)N1CCC(c2ccccc2)C1. The molecule has 1 heterocycles. The lowest BCUT2D eigenvalue weighted by Gasteiger charge is -2.21. The molecular weight excluding hydrogens is 274 g/mol. The third-order valence-corrected chi connectivity index (χ3v) is 4.17. The van der Waals surface area contributed by atoms with Crippen LogP contribution in [0.25, 0.3) is 0 Å². The first-order valence-electron chi connectivity index (χ1n) is 8.43. The van der Waals surface area contributed by atoms with Gasteiger partial charge >= 0.3 is 0 Å². The second-order valence-electron chi connectivity index (χ2n) is 5.72.